The summed E-state index contributed by atoms with van der Waals surface area (Å²) in [4.78, 5) is 2.31. The van der Waals surface area contributed by atoms with E-state index in [0.717, 1.165) is 41.1 Å². The highest BCUT2D eigenvalue weighted by molar-refractivity contribution is 9.10. The minimum absolute atomic E-state index is 0.368. The number of aromatic nitrogens is 2. The van der Waals surface area contributed by atoms with E-state index in [-0.39, 0.29) is 0 Å². The summed E-state index contributed by atoms with van der Waals surface area (Å²) in [5, 5.41) is 4.26. The van der Waals surface area contributed by atoms with Crippen molar-refractivity contribution < 1.29 is 9.47 Å². The highest BCUT2D eigenvalue weighted by Gasteiger charge is 2.25. The molecular weight excluding hydrogens is 360 g/mol. The van der Waals surface area contributed by atoms with Crippen molar-refractivity contribution in [2.24, 2.45) is 7.05 Å². The maximum Gasteiger partial charge on any atom is 0.128 e. The number of aryl methyl sites for hydroxylation is 1. The lowest BCUT2D eigenvalue weighted by atomic mass is 10.1. The highest BCUT2D eigenvalue weighted by atomic mass is 79.9. The molecule has 2 N–H and O–H groups in total. The normalized spacial score (nSPS) is 15.6. The molecule has 6 nitrogen and oxygen atoms in total. The van der Waals surface area contributed by atoms with E-state index in [2.05, 4.69) is 25.9 Å². The Bertz CT molecular complexity index is 663. The minimum Gasteiger partial charge on any atom is -0.492 e. The molecule has 1 fully saturated rings. The maximum atomic E-state index is 6.00. The molecule has 1 aromatic carbocycles. The zero-order valence-electron chi connectivity index (χ0n) is 13.3. The second kappa shape index (κ2) is 6.90. The Morgan fingerprint density at radius 3 is 2.83 bits per heavy atom. The Balaban J connectivity index is 1.70. The third-order valence-electron chi connectivity index (χ3n) is 4.07. The first kappa shape index (κ1) is 16.3. The van der Waals surface area contributed by atoms with Gasteiger partial charge in [0, 0.05) is 45.0 Å². The highest BCUT2D eigenvalue weighted by Crippen LogP contribution is 2.36. The number of hydrogen-bond acceptors (Lipinski definition) is 5. The Morgan fingerprint density at radius 1 is 1.39 bits per heavy atom. The first-order valence-corrected chi connectivity index (χ1v) is 8.33. The Kier molecular flexibility index (Phi) is 4.89. The number of nitrogens with zero attached hydrogens (tertiary/aromatic N) is 3. The van der Waals surface area contributed by atoms with Gasteiger partial charge in [-0.15, -0.1) is 0 Å². The summed E-state index contributed by atoms with van der Waals surface area (Å²) in [5.41, 5.74) is 8.54. The quantitative estimate of drug-likeness (QED) is 0.777. The van der Waals surface area contributed by atoms with Gasteiger partial charge in [-0.2, -0.15) is 5.10 Å². The molecule has 23 heavy (non-hydrogen) atoms. The van der Waals surface area contributed by atoms with Gasteiger partial charge in [0.1, 0.15) is 12.4 Å². The van der Waals surface area contributed by atoms with E-state index in [9.17, 15) is 0 Å². The van der Waals surface area contributed by atoms with Gasteiger partial charge in [-0.3, -0.25) is 9.58 Å². The number of benzene rings is 1. The van der Waals surface area contributed by atoms with Crippen LogP contribution in [0.1, 0.15) is 0 Å². The monoisotopic (exact) mass is 380 g/mol. The number of methoxy groups -OCH3 is 1. The van der Waals surface area contributed by atoms with E-state index in [0.29, 0.717) is 18.4 Å². The van der Waals surface area contributed by atoms with Gasteiger partial charge in [-0.25, -0.2) is 0 Å². The molecule has 1 aromatic heterocycles. The van der Waals surface area contributed by atoms with Crippen LogP contribution in [0.4, 0.5) is 5.69 Å². The number of nitrogen functional groups attached to an aromatic ring is 1. The Hall–Kier alpha value is -1.57. The van der Waals surface area contributed by atoms with Crippen LogP contribution in [0.3, 0.4) is 0 Å². The van der Waals surface area contributed by atoms with Gasteiger partial charge < -0.3 is 15.2 Å². The summed E-state index contributed by atoms with van der Waals surface area (Å²) in [6.07, 6.45) is 2.14. The number of nitrogens with two attached hydrogens (primary N) is 1. The van der Waals surface area contributed by atoms with Crippen LogP contribution in [-0.4, -0.2) is 54.1 Å². The molecule has 124 valence electrons. The molecule has 2 heterocycles. The predicted molar refractivity (Wildman–Crippen MR) is 93.5 cm³/mol. The van der Waals surface area contributed by atoms with E-state index in [1.807, 2.05) is 29.9 Å². The molecule has 1 saturated heterocycles. The largest absolute Gasteiger partial charge is 0.492 e. The van der Waals surface area contributed by atoms with Crippen molar-refractivity contribution >= 4 is 21.6 Å². The van der Waals surface area contributed by atoms with Crippen LogP contribution < -0.4 is 10.5 Å². The topological polar surface area (TPSA) is 65.5 Å². The molecule has 0 spiro atoms. The molecule has 0 unspecified atom stereocenters. The molecule has 0 amide bonds. The van der Waals surface area contributed by atoms with Crippen molar-refractivity contribution in [2.75, 3.05) is 39.1 Å². The molecule has 0 aliphatic carbocycles. The van der Waals surface area contributed by atoms with E-state index in [4.69, 9.17) is 15.2 Å². The van der Waals surface area contributed by atoms with Crippen molar-refractivity contribution in [3.05, 3.63) is 28.9 Å². The van der Waals surface area contributed by atoms with E-state index >= 15 is 0 Å². The number of likely N-dealkylation sites (tertiary alicyclic amines) is 1. The lowest BCUT2D eigenvalue weighted by molar-refractivity contribution is -0.0333. The predicted octanol–water partition coefficient (Wildman–Crippen LogP) is 2.14. The summed E-state index contributed by atoms with van der Waals surface area (Å²) in [7, 11) is 3.66. The smallest absolute Gasteiger partial charge is 0.128 e. The van der Waals surface area contributed by atoms with Crippen molar-refractivity contribution in [3.63, 3.8) is 0 Å². The number of hydrogen-bond donors (Lipinski definition) is 1. The van der Waals surface area contributed by atoms with Crippen LogP contribution in [0, 0.1) is 0 Å². The zero-order valence-corrected chi connectivity index (χ0v) is 14.9. The molecule has 0 atom stereocenters. The minimum atomic E-state index is 0.368. The average Bonchev–Trinajstić information content (AvgIpc) is 2.82. The summed E-state index contributed by atoms with van der Waals surface area (Å²) in [6.45, 7) is 3.46. The van der Waals surface area contributed by atoms with Crippen LogP contribution in [0.2, 0.25) is 0 Å². The second-order valence-corrected chi connectivity index (χ2v) is 6.54. The maximum absolute atomic E-state index is 6.00. The number of halogens is 1. The molecule has 7 heteroatoms. The fraction of sp³-hybridized carbons (Fsp3) is 0.438. The number of rotatable bonds is 6. The Morgan fingerprint density at radius 2 is 2.17 bits per heavy atom. The molecule has 1 aliphatic heterocycles. The van der Waals surface area contributed by atoms with Crippen molar-refractivity contribution in [2.45, 2.75) is 6.10 Å². The van der Waals surface area contributed by atoms with Gasteiger partial charge in [0.25, 0.3) is 0 Å². The first-order chi connectivity index (χ1) is 11.1. The third kappa shape index (κ3) is 3.52. The standard InChI is InChI=1S/C16H21BrN4O2/c1-20-16(14(17)8-19-20)13-7-11(18)3-4-15(13)23-6-5-21-9-12(10-21)22-2/h3-4,7-8,12H,5-6,9-10,18H2,1-2H3. The van der Waals surface area contributed by atoms with E-state index < -0.39 is 0 Å². The van der Waals surface area contributed by atoms with Crippen LogP contribution in [0.25, 0.3) is 11.3 Å². The number of anilines is 1. The lowest BCUT2D eigenvalue weighted by Crippen LogP contribution is -2.52. The molecule has 1 aliphatic rings. The van der Waals surface area contributed by atoms with E-state index in [1.165, 1.54) is 0 Å². The van der Waals surface area contributed by atoms with Gasteiger partial charge >= 0.3 is 0 Å². The van der Waals surface area contributed by atoms with Crippen LogP contribution >= 0.6 is 15.9 Å². The molecule has 0 saturated carbocycles. The third-order valence-corrected chi connectivity index (χ3v) is 4.66. The summed E-state index contributed by atoms with van der Waals surface area (Å²) in [5.74, 6) is 0.812. The van der Waals surface area contributed by atoms with Crippen LogP contribution in [0.5, 0.6) is 5.75 Å². The average molecular weight is 381 g/mol. The molecule has 3 rings (SSSR count). The molecule has 0 radical (unpaired) electrons. The van der Waals surface area contributed by atoms with Crippen molar-refractivity contribution in [3.8, 4) is 17.0 Å². The first-order valence-electron chi connectivity index (χ1n) is 7.54. The summed E-state index contributed by atoms with van der Waals surface area (Å²) >= 11 is 3.54. The van der Waals surface area contributed by atoms with Gasteiger partial charge in [0.15, 0.2) is 0 Å². The lowest BCUT2D eigenvalue weighted by Gasteiger charge is -2.37. The van der Waals surface area contributed by atoms with Crippen LogP contribution in [-0.2, 0) is 11.8 Å². The van der Waals surface area contributed by atoms with E-state index in [1.54, 1.807) is 13.3 Å². The van der Waals surface area contributed by atoms with Gasteiger partial charge in [-0.05, 0) is 34.1 Å². The zero-order chi connectivity index (χ0) is 16.4. The fourth-order valence-electron chi connectivity index (χ4n) is 2.71. The number of ether oxygens (including phenoxy) is 2. The summed E-state index contributed by atoms with van der Waals surface area (Å²) in [6, 6.07) is 5.69. The van der Waals surface area contributed by atoms with Crippen LogP contribution in [0.15, 0.2) is 28.9 Å². The van der Waals surface area contributed by atoms with Crippen molar-refractivity contribution in [1.29, 1.82) is 0 Å². The molecule has 0 bridgehead atoms. The molecule has 2 aromatic rings. The summed E-state index contributed by atoms with van der Waals surface area (Å²) < 4.78 is 14.0. The molecular formula is C16H21BrN4O2. The van der Waals surface area contributed by atoms with Gasteiger partial charge in [-0.1, -0.05) is 0 Å². The van der Waals surface area contributed by atoms with Gasteiger partial charge in [0.05, 0.1) is 22.5 Å². The van der Waals surface area contributed by atoms with Gasteiger partial charge in [0.2, 0.25) is 0 Å². The second-order valence-electron chi connectivity index (χ2n) is 5.69. The van der Waals surface area contributed by atoms with Crippen molar-refractivity contribution in [1.82, 2.24) is 14.7 Å². The Labute approximate surface area is 144 Å². The SMILES string of the molecule is COC1CN(CCOc2ccc(N)cc2-c2c(Br)cnn2C)C1. The fourth-order valence-corrected chi connectivity index (χ4v) is 3.27.